The fourth-order valence-corrected chi connectivity index (χ4v) is 5.04. The van der Waals surface area contributed by atoms with Crippen molar-refractivity contribution >= 4 is 45.6 Å². The highest BCUT2D eigenvalue weighted by Crippen LogP contribution is 2.30. The lowest BCUT2D eigenvalue weighted by Gasteiger charge is -2.36. The third-order valence-corrected chi connectivity index (χ3v) is 7.10. The largest absolute Gasteiger partial charge is 0.369 e. The molecule has 2 aromatic heterocycles. The molecule has 3 aromatic rings. The molecule has 2 fully saturated rings. The van der Waals surface area contributed by atoms with Crippen LogP contribution in [-0.2, 0) is 4.79 Å². The van der Waals surface area contributed by atoms with Crippen molar-refractivity contribution in [3.63, 3.8) is 0 Å². The summed E-state index contributed by atoms with van der Waals surface area (Å²) >= 11 is 0.895. The summed E-state index contributed by atoms with van der Waals surface area (Å²) in [7, 11) is 0. The van der Waals surface area contributed by atoms with Gasteiger partial charge in [-0.15, -0.1) is 0 Å². The summed E-state index contributed by atoms with van der Waals surface area (Å²) in [5.74, 6) is -0.381. The first-order chi connectivity index (χ1) is 16.6. The highest BCUT2D eigenvalue weighted by molar-refractivity contribution is 8.18. The summed E-state index contributed by atoms with van der Waals surface area (Å²) in [4.78, 5) is 37.9. The van der Waals surface area contributed by atoms with Crippen LogP contribution < -0.4 is 10.2 Å². The fourth-order valence-electron chi connectivity index (χ4n) is 4.37. The molecule has 0 spiro atoms. The molecule has 8 heteroatoms. The monoisotopic (exact) mass is 473 g/mol. The predicted molar refractivity (Wildman–Crippen MR) is 138 cm³/mol. The number of fused-ring (bicyclic) bond motifs is 1. The number of hydrogen-bond acceptors (Lipinski definition) is 7. The molecule has 174 valence electrons. The van der Waals surface area contributed by atoms with E-state index in [0.29, 0.717) is 10.6 Å². The second-order valence-corrected chi connectivity index (χ2v) is 9.59. The van der Waals surface area contributed by atoms with Gasteiger partial charge in [-0.25, -0.2) is 4.98 Å². The molecule has 4 heterocycles. The normalized spacial score (nSPS) is 18.1. The third-order valence-electron chi connectivity index (χ3n) is 6.29. The van der Waals surface area contributed by atoms with E-state index in [-0.39, 0.29) is 11.1 Å². The number of piperazine rings is 1. The van der Waals surface area contributed by atoms with E-state index in [1.54, 1.807) is 12.3 Å². The molecule has 7 nitrogen and oxygen atoms in total. The van der Waals surface area contributed by atoms with Crippen LogP contribution >= 0.6 is 11.8 Å². The molecule has 0 unspecified atom stereocenters. The minimum atomic E-state index is -0.381. The van der Waals surface area contributed by atoms with Gasteiger partial charge in [0.15, 0.2) is 0 Å². The molecular weight excluding hydrogens is 446 g/mol. The number of anilines is 1. The molecule has 0 atom stereocenters. The Morgan fingerprint density at radius 3 is 2.53 bits per heavy atom. The number of thioether (sulfide) groups is 1. The Balaban J connectivity index is 1.37. The van der Waals surface area contributed by atoms with E-state index in [9.17, 15) is 9.59 Å². The van der Waals surface area contributed by atoms with Crippen molar-refractivity contribution in [2.75, 3.05) is 37.6 Å². The molecule has 34 heavy (non-hydrogen) atoms. The maximum Gasteiger partial charge on any atom is 0.290 e. The van der Waals surface area contributed by atoms with Crippen molar-refractivity contribution in [2.45, 2.75) is 19.8 Å². The molecular formula is C26H27N5O2S. The van der Waals surface area contributed by atoms with Gasteiger partial charge < -0.3 is 4.90 Å². The Morgan fingerprint density at radius 2 is 1.82 bits per heavy atom. The maximum atomic E-state index is 11.9. The fraction of sp³-hybridized carbons (Fsp3) is 0.308. The summed E-state index contributed by atoms with van der Waals surface area (Å²) in [5, 5.41) is 2.84. The van der Waals surface area contributed by atoms with Crippen LogP contribution in [0, 0.1) is 0 Å². The van der Waals surface area contributed by atoms with Crippen molar-refractivity contribution in [1.82, 2.24) is 20.2 Å². The quantitative estimate of drug-likeness (QED) is 0.527. The zero-order chi connectivity index (χ0) is 23.5. The maximum absolute atomic E-state index is 11.9. The topological polar surface area (TPSA) is 78.4 Å². The smallest absolute Gasteiger partial charge is 0.290 e. The van der Waals surface area contributed by atoms with E-state index in [1.807, 2.05) is 18.3 Å². The van der Waals surface area contributed by atoms with Crippen LogP contribution in [0.25, 0.3) is 28.1 Å². The highest BCUT2D eigenvalue weighted by Gasteiger charge is 2.25. The van der Waals surface area contributed by atoms with E-state index in [0.717, 1.165) is 60.0 Å². The Bertz CT molecular complexity index is 1250. The van der Waals surface area contributed by atoms with E-state index >= 15 is 0 Å². The van der Waals surface area contributed by atoms with Crippen molar-refractivity contribution in [3.8, 4) is 11.1 Å². The average Bonchev–Trinajstić information content (AvgIpc) is 3.19. The molecule has 1 aromatic carbocycles. The van der Waals surface area contributed by atoms with Gasteiger partial charge in [-0.05, 0) is 60.6 Å². The first kappa shape index (κ1) is 22.6. The van der Waals surface area contributed by atoms with Crippen LogP contribution in [0.4, 0.5) is 10.5 Å². The van der Waals surface area contributed by atoms with Gasteiger partial charge in [0, 0.05) is 55.2 Å². The third kappa shape index (κ3) is 4.83. The number of benzene rings is 1. The number of carbonyl (C=O) groups excluding carboxylic acids is 2. The molecule has 0 aliphatic carbocycles. The van der Waals surface area contributed by atoms with E-state index in [2.05, 4.69) is 51.3 Å². The van der Waals surface area contributed by atoms with Gasteiger partial charge in [0.05, 0.1) is 16.1 Å². The second kappa shape index (κ2) is 9.95. The van der Waals surface area contributed by atoms with Gasteiger partial charge >= 0.3 is 0 Å². The molecule has 0 radical (unpaired) electrons. The number of hydrogen-bond donors (Lipinski definition) is 1. The van der Waals surface area contributed by atoms with E-state index < -0.39 is 0 Å². The molecule has 2 saturated heterocycles. The SMILES string of the molecule is CCCCN1CCN(c2ccc(-c3cncc4ccc(C=C5SC(=O)NC5=O)nc34)cc2)CC1. The number of rotatable bonds is 6. The van der Waals surface area contributed by atoms with Crippen LogP contribution in [0.3, 0.4) is 0 Å². The second-order valence-electron chi connectivity index (χ2n) is 8.58. The van der Waals surface area contributed by atoms with Gasteiger partial charge in [0.25, 0.3) is 11.1 Å². The summed E-state index contributed by atoms with van der Waals surface area (Å²) in [6.45, 7) is 7.76. The Kier molecular flexibility index (Phi) is 6.60. The molecule has 1 N–H and O–H groups in total. The van der Waals surface area contributed by atoms with Crippen LogP contribution in [0.1, 0.15) is 25.5 Å². The van der Waals surface area contributed by atoms with Gasteiger partial charge in [0.1, 0.15) is 0 Å². The molecule has 2 aliphatic heterocycles. The van der Waals surface area contributed by atoms with Gasteiger partial charge in [-0.3, -0.25) is 24.8 Å². The predicted octanol–water partition coefficient (Wildman–Crippen LogP) is 4.54. The first-order valence-electron chi connectivity index (χ1n) is 11.7. The average molecular weight is 474 g/mol. The van der Waals surface area contributed by atoms with Crippen LogP contribution in [0.5, 0.6) is 0 Å². The summed E-state index contributed by atoms with van der Waals surface area (Å²) in [5.41, 5.74) is 4.66. The van der Waals surface area contributed by atoms with Crippen molar-refractivity contribution < 1.29 is 9.59 Å². The van der Waals surface area contributed by atoms with Crippen LogP contribution in [-0.4, -0.2) is 58.7 Å². The first-order valence-corrected chi connectivity index (χ1v) is 12.5. The van der Waals surface area contributed by atoms with Gasteiger partial charge in [0.2, 0.25) is 0 Å². The molecule has 0 bridgehead atoms. The molecule has 0 saturated carbocycles. The Morgan fingerprint density at radius 1 is 1.03 bits per heavy atom. The zero-order valence-corrected chi connectivity index (χ0v) is 20.0. The number of imide groups is 1. The van der Waals surface area contributed by atoms with Gasteiger partial charge in [-0.1, -0.05) is 25.5 Å². The number of carbonyl (C=O) groups is 2. The van der Waals surface area contributed by atoms with Crippen molar-refractivity contribution in [3.05, 3.63) is 59.4 Å². The molecule has 5 rings (SSSR count). The lowest BCUT2D eigenvalue weighted by atomic mass is 10.0. The minimum Gasteiger partial charge on any atom is -0.369 e. The summed E-state index contributed by atoms with van der Waals surface area (Å²) in [6, 6.07) is 12.4. The number of pyridine rings is 2. The summed E-state index contributed by atoms with van der Waals surface area (Å²) < 4.78 is 0. The number of nitrogens with one attached hydrogen (secondary N) is 1. The van der Waals surface area contributed by atoms with Crippen LogP contribution in [0.15, 0.2) is 53.7 Å². The Labute approximate surface area is 203 Å². The van der Waals surface area contributed by atoms with Gasteiger partial charge in [-0.2, -0.15) is 0 Å². The van der Waals surface area contributed by atoms with E-state index in [1.165, 1.54) is 25.1 Å². The highest BCUT2D eigenvalue weighted by atomic mass is 32.2. The number of amides is 2. The van der Waals surface area contributed by atoms with Crippen LogP contribution in [0.2, 0.25) is 0 Å². The lowest BCUT2D eigenvalue weighted by molar-refractivity contribution is -0.115. The summed E-state index contributed by atoms with van der Waals surface area (Å²) in [6.07, 6.45) is 7.78. The standard InChI is InChI=1S/C26H27N5O2S/c1-2-3-10-30-11-13-31(14-12-30)21-8-5-18(6-9-21)22-17-27-16-19-4-7-20(28-24(19)22)15-23-25(32)29-26(33)34-23/h4-9,15-17H,2-3,10-14H2,1H3,(H,29,32,33). The van der Waals surface area contributed by atoms with Crippen molar-refractivity contribution in [1.29, 1.82) is 0 Å². The van der Waals surface area contributed by atoms with E-state index in [4.69, 9.17) is 4.98 Å². The number of unbranched alkanes of at least 4 members (excludes halogenated alkanes) is 1. The molecule has 2 amide bonds. The lowest BCUT2D eigenvalue weighted by Crippen LogP contribution is -2.46. The number of aromatic nitrogens is 2. The zero-order valence-electron chi connectivity index (χ0n) is 19.2. The minimum absolute atomic E-state index is 0.353. The van der Waals surface area contributed by atoms with Crippen molar-refractivity contribution in [2.24, 2.45) is 0 Å². The molecule has 2 aliphatic rings. The number of nitrogens with zero attached hydrogens (tertiary/aromatic N) is 4. The Hall–Kier alpha value is -3.23.